The van der Waals surface area contributed by atoms with Crippen molar-refractivity contribution in [3.63, 3.8) is 0 Å². The fourth-order valence-electron chi connectivity index (χ4n) is 7.67. The van der Waals surface area contributed by atoms with Crippen LogP contribution in [-0.2, 0) is 16.2 Å². The number of halogens is 1. The molecule has 0 bridgehead atoms. The Morgan fingerprint density at radius 1 is 0.811 bits per heavy atom. The van der Waals surface area contributed by atoms with Gasteiger partial charge in [0.2, 0.25) is 0 Å². The van der Waals surface area contributed by atoms with E-state index in [4.69, 9.17) is 4.74 Å². The maximum Gasteiger partial charge on any atom is 0.335 e. The topological polar surface area (TPSA) is 122 Å². The first-order chi connectivity index (χ1) is 25.7. The quantitative estimate of drug-likeness (QED) is 0.0727. The molecule has 1 saturated heterocycles. The van der Waals surface area contributed by atoms with E-state index in [1.807, 2.05) is 48.5 Å². The highest BCUT2D eigenvalue weighted by molar-refractivity contribution is 9.10. The minimum absolute atomic E-state index is 0.0288. The molecule has 3 aliphatic rings. The molecule has 53 heavy (non-hydrogen) atoms. The van der Waals surface area contributed by atoms with Gasteiger partial charge in [-0.15, -0.1) is 0 Å². The van der Waals surface area contributed by atoms with Crippen LogP contribution in [0.3, 0.4) is 0 Å². The fourth-order valence-corrected chi connectivity index (χ4v) is 8.18. The molecule has 0 radical (unpaired) electrons. The number of barbiturate groups is 1. The van der Waals surface area contributed by atoms with Crippen LogP contribution < -0.4 is 19.9 Å². The maximum absolute atomic E-state index is 14.3. The molecule has 1 fully saturated rings. The Bertz CT molecular complexity index is 2240. The van der Waals surface area contributed by atoms with E-state index in [-0.39, 0.29) is 29.7 Å². The monoisotopic (exact) mass is 768 g/mol. The van der Waals surface area contributed by atoms with Crippen molar-refractivity contribution in [1.29, 1.82) is 0 Å². The van der Waals surface area contributed by atoms with Crippen molar-refractivity contribution in [2.75, 3.05) is 22.9 Å². The van der Waals surface area contributed by atoms with Gasteiger partial charge in [0.1, 0.15) is 17.9 Å². The van der Waals surface area contributed by atoms with Crippen LogP contribution in [0.4, 0.5) is 21.9 Å². The minimum atomic E-state index is -0.800. The van der Waals surface area contributed by atoms with Crippen LogP contribution in [0.1, 0.15) is 58.1 Å². The molecular formula is C42H33BrN4O6. The highest BCUT2D eigenvalue weighted by Crippen LogP contribution is 2.50. The van der Waals surface area contributed by atoms with E-state index >= 15 is 0 Å². The third-order valence-electron chi connectivity index (χ3n) is 10.1. The van der Waals surface area contributed by atoms with Crippen LogP contribution >= 0.6 is 15.9 Å². The average Bonchev–Trinajstić information content (AvgIpc) is 3.17. The molecule has 0 saturated carbocycles. The van der Waals surface area contributed by atoms with Crippen molar-refractivity contribution >= 4 is 56.9 Å². The molecule has 3 heterocycles. The summed E-state index contributed by atoms with van der Waals surface area (Å²) in [6.45, 7) is 1.90. The number of imide groups is 2. The number of nitro groups is 1. The number of anilines is 2. The number of amides is 4. The van der Waals surface area contributed by atoms with E-state index in [2.05, 4.69) is 50.4 Å². The van der Waals surface area contributed by atoms with Crippen LogP contribution in [0.5, 0.6) is 5.75 Å². The molecule has 5 aromatic carbocycles. The maximum atomic E-state index is 14.3. The van der Waals surface area contributed by atoms with Crippen molar-refractivity contribution in [1.82, 2.24) is 5.32 Å². The first-order valence-electron chi connectivity index (χ1n) is 17.3. The normalized spacial score (nSPS) is 18.8. The molecule has 0 spiro atoms. The van der Waals surface area contributed by atoms with Crippen molar-refractivity contribution in [3.05, 3.63) is 169 Å². The van der Waals surface area contributed by atoms with Gasteiger partial charge in [0.15, 0.2) is 0 Å². The van der Waals surface area contributed by atoms with Gasteiger partial charge in [-0.05, 0) is 92.5 Å². The Morgan fingerprint density at radius 2 is 1.45 bits per heavy atom. The van der Waals surface area contributed by atoms with Gasteiger partial charge in [-0.2, -0.15) is 0 Å². The van der Waals surface area contributed by atoms with Gasteiger partial charge >= 0.3 is 6.03 Å². The molecule has 3 aliphatic heterocycles. The molecule has 1 N–H and O–H groups in total. The molecule has 0 aromatic heterocycles. The van der Waals surface area contributed by atoms with Gasteiger partial charge in [-0.1, -0.05) is 78.9 Å². The first-order valence-corrected chi connectivity index (χ1v) is 18.1. The second-order valence-corrected chi connectivity index (χ2v) is 14.2. The zero-order chi connectivity index (χ0) is 36.6. The number of nitrogens with zero attached hydrogens (tertiary/aromatic N) is 3. The molecular weight excluding hydrogens is 736 g/mol. The molecule has 11 heteroatoms. The van der Waals surface area contributed by atoms with Crippen molar-refractivity contribution in [2.24, 2.45) is 0 Å². The van der Waals surface area contributed by atoms with Crippen molar-refractivity contribution in [3.8, 4) is 5.75 Å². The predicted octanol–water partition coefficient (Wildman–Crippen LogP) is 8.48. The van der Waals surface area contributed by atoms with E-state index in [1.54, 1.807) is 30.3 Å². The SMILES string of the molecule is O=C1NC(=O)N(c2cc3c4c(c2)[C@H](c2ccccc2)CCN4CC[C@@H]3c2ccccc2)C(=O)/C1=C/c1ccc(OCc2cccc([N+](=O)[O-])c2)c(Br)c1. The summed E-state index contributed by atoms with van der Waals surface area (Å²) in [5, 5.41) is 13.6. The summed E-state index contributed by atoms with van der Waals surface area (Å²) in [7, 11) is 0. The molecule has 0 unspecified atom stereocenters. The number of nitro benzene ring substituents is 1. The van der Waals surface area contributed by atoms with Crippen molar-refractivity contribution in [2.45, 2.75) is 31.3 Å². The van der Waals surface area contributed by atoms with Gasteiger partial charge in [-0.25, -0.2) is 9.69 Å². The summed E-state index contributed by atoms with van der Waals surface area (Å²) in [5.74, 6) is -0.916. The summed E-state index contributed by atoms with van der Waals surface area (Å²) in [5.41, 5.74) is 6.96. The van der Waals surface area contributed by atoms with E-state index in [1.165, 1.54) is 29.3 Å². The molecule has 8 rings (SSSR count). The lowest BCUT2D eigenvalue weighted by atomic mass is 9.76. The number of benzene rings is 5. The molecule has 5 aromatic rings. The van der Waals surface area contributed by atoms with Crippen molar-refractivity contribution < 1.29 is 24.0 Å². The number of hydrogen-bond acceptors (Lipinski definition) is 7. The lowest BCUT2D eigenvalue weighted by molar-refractivity contribution is -0.384. The fraction of sp³-hybridized carbons (Fsp3) is 0.167. The second kappa shape index (κ2) is 14.2. The highest BCUT2D eigenvalue weighted by atomic mass is 79.9. The Hall–Kier alpha value is -6.07. The number of carbonyl (C=O) groups excluding carboxylic acids is 3. The summed E-state index contributed by atoms with van der Waals surface area (Å²) < 4.78 is 6.45. The number of urea groups is 1. The smallest absolute Gasteiger partial charge is 0.335 e. The summed E-state index contributed by atoms with van der Waals surface area (Å²) >= 11 is 3.51. The Kier molecular flexibility index (Phi) is 9.09. The number of hydrogen-bond donors (Lipinski definition) is 1. The number of non-ortho nitro benzene ring substituents is 1. The van der Waals surface area contributed by atoms with Crippen LogP contribution in [0.25, 0.3) is 6.08 Å². The summed E-state index contributed by atoms with van der Waals surface area (Å²) in [4.78, 5) is 55.3. The van der Waals surface area contributed by atoms with E-state index in [9.17, 15) is 24.5 Å². The number of ether oxygens (including phenoxy) is 1. The lowest BCUT2D eigenvalue weighted by Crippen LogP contribution is -2.54. The predicted molar refractivity (Wildman–Crippen MR) is 205 cm³/mol. The first kappa shape index (κ1) is 34.0. The van der Waals surface area contributed by atoms with Crippen LogP contribution in [-0.4, -0.2) is 35.9 Å². The Labute approximate surface area is 314 Å². The van der Waals surface area contributed by atoms with Gasteiger partial charge in [0.25, 0.3) is 17.5 Å². The molecule has 2 atom stereocenters. The van der Waals surface area contributed by atoms with Crippen LogP contribution in [0.2, 0.25) is 0 Å². The van der Waals surface area contributed by atoms with Gasteiger partial charge < -0.3 is 9.64 Å². The molecule has 0 aliphatic carbocycles. The Balaban J connectivity index is 1.14. The van der Waals surface area contributed by atoms with Crippen LogP contribution in [0.15, 0.2) is 125 Å². The summed E-state index contributed by atoms with van der Waals surface area (Å²) in [6.07, 6.45) is 3.23. The molecule has 264 valence electrons. The minimum Gasteiger partial charge on any atom is -0.488 e. The van der Waals surface area contributed by atoms with E-state index in [0.29, 0.717) is 27.0 Å². The second-order valence-electron chi connectivity index (χ2n) is 13.3. The van der Waals surface area contributed by atoms with Gasteiger partial charge in [0, 0.05) is 42.7 Å². The number of nitrogens with one attached hydrogen (secondary N) is 1. The lowest BCUT2D eigenvalue weighted by Gasteiger charge is -2.44. The zero-order valence-electron chi connectivity index (χ0n) is 28.4. The highest BCUT2D eigenvalue weighted by Gasteiger charge is 2.40. The van der Waals surface area contributed by atoms with E-state index < -0.39 is 22.8 Å². The standard InChI is InChI=1S/C42H33BrN4O6/c43-37-22-26(14-15-38(37)53-25-27-8-7-13-30(20-27)47(51)52)21-36-40(48)44-42(50)46(41(36)49)31-23-34-32(28-9-3-1-4-10-28)16-18-45-19-17-33(35(24-31)39(34)45)29-11-5-2-6-12-29/h1-15,20-24,32-33H,16-19,25H2,(H,44,48,50)/b36-21+/t32-,33+. The van der Waals surface area contributed by atoms with E-state index in [0.717, 1.165) is 47.6 Å². The molecule has 10 nitrogen and oxygen atoms in total. The third kappa shape index (κ3) is 6.60. The van der Waals surface area contributed by atoms with Gasteiger partial charge in [0.05, 0.1) is 15.1 Å². The van der Waals surface area contributed by atoms with Crippen LogP contribution in [0, 0.1) is 10.1 Å². The third-order valence-corrected chi connectivity index (χ3v) is 10.8. The largest absolute Gasteiger partial charge is 0.488 e. The Morgan fingerprint density at radius 3 is 2.06 bits per heavy atom. The average molecular weight is 770 g/mol. The zero-order valence-corrected chi connectivity index (χ0v) is 30.0. The van der Waals surface area contributed by atoms with Gasteiger partial charge in [-0.3, -0.25) is 25.0 Å². The number of carbonyl (C=O) groups is 3. The molecule has 4 amide bonds. The number of rotatable bonds is 8. The summed E-state index contributed by atoms with van der Waals surface area (Å²) in [6, 6.07) is 35.0.